The molecule has 10 nitrogen and oxygen atoms in total. The zero-order chi connectivity index (χ0) is 37.6. The molecule has 52 heavy (non-hydrogen) atoms. The van der Waals surface area contributed by atoms with Crippen LogP contribution in [0.3, 0.4) is 0 Å². The Morgan fingerprint density at radius 3 is 1.81 bits per heavy atom. The molecule has 1 amide bonds. The number of hydrogen-bond donors (Lipinski definition) is 2. The molecule has 0 aromatic heterocycles. The average Bonchev–Trinajstić information content (AvgIpc) is 3.11. The minimum absolute atomic E-state index is 0.145. The van der Waals surface area contributed by atoms with Crippen molar-refractivity contribution in [1.29, 1.82) is 0 Å². The Hall–Kier alpha value is -5.17. The van der Waals surface area contributed by atoms with E-state index in [1.54, 1.807) is 81.4 Å². The van der Waals surface area contributed by atoms with Gasteiger partial charge in [0.2, 0.25) is 25.6 Å². The number of carbonyl (C=O) groups excluding carboxylic acids is 2. The normalized spacial score (nSPS) is 13.0. The average molecular weight is 761 g/mol. The highest BCUT2D eigenvalue weighted by Gasteiger charge is 2.51. The van der Waals surface area contributed by atoms with Crippen molar-refractivity contribution in [2.24, 2.45) is 5.41 Å². The van der Waals surface area contributed by atoms with Gasteiger partial charge in [-0.3, -0.25) is 14.3 Å². The second-order valence-electron chi connectivity index (χ2n) is 12.9. The fraction of sp³-hybridized carbons (Fsp3) is 0.179. The number of para-hydroxylation sites is 1. The van der Waals surface area contributed by atoms with Gasteiger partial charge < -0.3 is 14.8 Å². The van der Waals surface area contributed by atoms with Crippen LogP contribution in [-0.2, 0) is 41.8 Å². The molecule has 0 aliphatic carbocycles. The van der Waals surface area contributed by atoms with E-state index in [1.807, 2.05) is 30.3 Å². The highest BCUT2D eigenvalue weighted by atomic mass is 35.5. The molecule has 5 aromatic rings. The Balaban J connectivity index is 1.52. The van der Waals surface area contributed by atoms with Gasteiger partial charge >= 0.3 is 5.06 Å². The number of hydrogen-bond acceptors (Lipinski definition) is 8. The summed E-state index contributed by atoms with van der Waals surface area (Å²) in [6.45, 7) is 4.94. The van der Waals surface area contributed by atoms with Crippen LogP contribution in [0.2, 0.25) is 0 Å². The van der Waals surface area contributed by atoms with E-state index in [-0.39, 0.29) is 22.9 Å². The third kappa shape index (κ3) is 9.38. The molecule has 5 rings (SSSR count). The second kappa shape index (κ2) is 15.6. The number of Topliss-reactive ketones (excluding diaryl/α,β-unsaturated/α-hetero) is 1. The van der Waals surface area contributed by atoms with E-state index in [1.165, 1.54) is 30.3 Å². The molecular formula is C39H37ClN2O8S2. The van der Waals surface area contributed by atoms with E-state index < -0.39 is 52.7 Å². The van der Waals surface area contributed by atoms with Crippen LogP contribution in [-0.4, -0.2) is 33.6 Å². The number of halogens is 1. The van der Waals surface area contributed by atoms with Crippen molar-refractivity contribution in [3.05, 3.63) is 145 Å². The third-order valence-corrected chi connectivity index (χ3v) is 11.1. The Bertz CT molecular complexity index is 2250. The van der Waals surface area contributed by atoms with Crippen LogP contribution in [0.1, 0.15) is 31.9 Å². The fourth-order valence-electron chi connectivity index (χ4n) is 5.04. The van der Waals surface area contributed by atoms with Gasteiger partial charge in [-0.25, -0.2) is 16.8 Å². The molecule has 1 atom stereocenters. The summed E-state index contributed by atoms with van der Waals surface area (Å²) in [7, 11) is -8.59. The van der Waals surface area contributed by atoms with Crippen LogP contribution in [0, 0.1) is 5.41 Å². The van der Waals surface area contributed by atoms with Crippen LogP contribution in [0.5, 0.6) is 11.5 Å². The standard InChI is InChI=1S/C39H37ClN2O8S2/c1-38(2,3)36(43)39(40,37(44)41-30-17-11-6-12-18-30)50-32-21-24-35(34(25-32)42-51(45,46)27-29-15-9-5-10-16-29)52(47,48)33-22-19-31(20-23-33)49-26-28-13-7-4-8-14-28/h4-25,42H,26-27H2,1-3H3,(H,41,44). The summed E-state index contributed by atoms with van der Waals surface area (Å²) >= 11 is 6.75. The van der Waals surface area contributed by atoms with Crippen LogP contribution < -0.4 is 19.5 Å². The molecule has 13 heteroatoms. The van der Waals surface area contributed by atoms with Crippen molar-refractivity contribution in [1.82, 2.24) is 0 Å². The summed E-state index contributed by atoms with van der Waals surface area (Å²) < 4.78 is 69.2. The molecule has 0 aliphatic rings. The number of sulfonamides is 1. The number of ether oxygens (including phenoxy) is 2. The van der Waals surface area contributed by atoms with Gasteiger partial charge in [0.25, 0.3) is 5.91 Å². The van der Waals surface area contributed by atoms with Gasteiger partial charge in [-0.1, -0.05) is 111 Å². The van der Waals surface area contributed by atoms with Gasteiger partial charge in [0, 0.05) is 17.2 Å². The number of sulfone groups is 1. The van der Waals surface area contributed by atoms with Crippen molar-refractivity contribution in [3.63, 3.8) is 0 Å². The molecule has 1 unspecified atom stereocenters. The Morgan fingerprint density at radius 2 is 1.23 bits per heavy atom. The van der Waals surface area contributed by atoms with E-state index in [9.17, 15) is 26.4 Å². The van der Waals surface area contributed by atoms with Crippen LogP contribution in [0.4, 0.5) is 11.4 Å². The van der Waals surface area contributed by atoms with E-state index in [2.05, 4.69) is 10.0 Å². The van der Waals surface area contributed by atoms with Crippen LogP contribution in [0.15, 0.2) is 143 Å². The van der Waals surface area contributed by atoms with Gasteiger partial charge in [-0.05, 0) is 59.7 Å². The van der Waals surface area contributed by atoms with Crippen LogP contribution in [0.25, 0.3) is 0 Å². The fourth-order valence-corrected chi connectivity index (χ4v) is 8.13. The summed E-state index contributed by atoms with van der Waals surface area (Å²) in [5.41, 5.74) is 0.164. The number of ketones is 1. The first-order valence-corrected chi connectivity index (χ1v) is 19.6. The highest BCUT2D eigenvalue weighted by Crippen LogP contribution is 2.37. The quantitative estimate of drug-likeness (QED) is 0.0870. The zero-order valence-electron chi connectivity index (χ0n) is 28.6. The van der Waals surface area contributed by atoms with Crippen molar-refractivity contribution >= 4 is 54.5 Å². The van der Waals surface area contributed by atoms with E-state index >= 15 is 0 Å². The molecule has 0 heterocycles. The summed E-state index contributed by atoms with van der Waals surface area (Å²) in [5.74, 6) is -2.11. The zero-order valence-corrected chi connectivity index (χ0v) is 31.0. The largest absolute Gasteiger partial charge is 0.489 e. The molecule has 0 spiro atoms. The van der Waals surface area contributed by atoms with Gasteiger partial charge in [-0.15, -0.1) is 0 Å². The molecule has 0 bridgehead atoms. The number of nitrogens with one attached hydrogen (secondary N) is 2. The van der Waals surface area contributed by atoms with E-state index in [0.29, 0.717) is 17.0 Å². The Labute approximate surface area is 308 Å². The maximum atomic E-state index is 14.1. The molecule has 0 saturated carbocycles. The minimum atomic E-state index is -4.37. The lowest BCUT2D eigenvalue weighted by molar-refractivity contribution is -0.144. The maximum Gasteiger partial charge on any atom is 0.320 e. The first-order chi connectivity index (χ1) is 24.6. The smallest absolute Gasteiger partial charge is 0.320 e. The summed E-state index contributed by atoms with van der Waals surface area (Å²) in [6.07, 6.45) is 0. The number of alkyl halides is 1. The van der Waals surface area contributed by atoms with Gasteiger partial charge in [-0.2, -0.15) is 0 Å². The number of carbonyl (C=O) groups is 2. The molecule has 0 saturated heterocycles. The third-order valence-electron chi connectivity index (χ3n) is 7.64. The van der Waals surface area contributed by atoms with Crippen LogP contribution >= 0.6 is 11.6 Å². The maximum absolute atomic E-state index is 14.1. The van der Waals surface area contributed by atoms with Crippen molar-refractivity contribution in [3.8, 4) is 11.5 Å². The predicted molar refractivity (Wildman–Crippen MR) is 201 cm³/mol. The molecule has 2 N–H and O–H groups in total. The number of anilines is 2. The van der Waals surface area contributed by atoms with Crippen molar-refractivity contribution in [2.45, 2.75) is 48.0 Å². The monoisotopic (exact) mass is 760 g/mol. The van der Waals surface area contributed by atoms with E-state index in [4.69, 9.17) is 21.1 Å². The van der Waals surface area contributed by atoms with E-state index in [0.717, 1.165) is 17.7 Å². The first kappa shape index (κ1) is 38.1. The predicted octanol–water partition coefficient (Wildman–Crippen LogP) is 7.61. The topological polar surface area (TPSA) is 145 Å². The Morgan fingerprint density at radius 1 is 0.692 bits per heavy atom. The lowest BCUT2D eigenvalue weighted by Crippen LogP contribution is -2.54. The first-order valence-electron chi connectivity index (χ1n) is 16.1. The van der Waals surface area contributed by atoms with Gasteiger partial charge in [0.1, 0.15) is 18.1 Å². The molecule has 5 aromatic carbocycles. The minimum Gasteiger partial charge on any atom is -0.489 e. The number of amides is 1. The lowest BCUT2D eigenvalue weighted by atomic mass is 9.86. The van der Waals surface area contributed by atoms with Crippen molar-refractivity contribution in [2.75, 3.05) is 10.0 Å². The van der Waals surface area contributed by atoms with Gasteiger partial charge in [0.15, 0.2) is 0 Å². The molecule has 0 fully saturated rings. The molecule has 0 aliphatic heterocycles. The molecular weight excluding hydrogens is 724 g/mol. The highest BCUT2D eigenvalue weighted by molar-refractivity contribution is 7.93. The number of benzene rings is 5. The summed E-state index contributed by atoms with van der Waals surface area (Å²) in [6, 6.07) is 35.1. The summed E-state index contributed by atoms with van der Waals surface area (Å²) in [5, 5.41) is -0.0532. The second-order valence-corrected chi connectivity index (χ2v) is 17.0. The van der Waals surface area contributed by atoms with Crippen molar-refractivity contribution < 1.29 is 35.9 Å². The SMILES string of the molecule is CC(C)(C)C(=O)C(Cl)(Oc1ccc(S(=O)(=O)c2ccc(OCc3ccccc3)cc2)c(NS(=O)(=O)Cc2ccccc2)c1)C(=O)Nc1ccccc1. The van der Waals surface area contributed by atoms with Gasteiger partial charge in [0.05, 0.1) is 21.2 Å². The lowest BCUT2D eigenvalue weighted by Gasteiger charge is -2.31. The molecule has 0 radical (unpaired) electrons. The number of rotatable bonds is 14. The molecule has 270 valence electrons. The summed E-state index contributed by atoms with van der Waals surface area (Å²) in [4.78, 5) is 26.7. The Kier molecular flexibility index (Phi) is 11.4.